The van der Waals surface area contributed by atoms with Gasteiger partial charge in [-0.1, -0.05) is 13.8 Å². The summed E-state index contributed by atoms with van der Waals surface area (Å²) in [6, 6.07) is 0. The molecule has 0 spiro atoms. The third-order valence-corrected chi connectivity index (χ3v) is 6.04. The number of ether oxygens (including phenoxy) is 1. The van der Waals surface area contributed by atoms with Gasteiger partial charge in [0.1, 0.15) is 11.1 Å². The minimum absolute atomic E-state index is 0. The lowest BCUT2D eigenvalue weighted by Gasteiger charge is -2.34. The Morgan fingerprint density at radius 2 is 2.11 bits per heavy atom. The molecule has 162 valence electrons. The second-order valence-corrected chi connectivity index (χ2v) is 8.74. The molecule has 0 saturated carbocycles. The summed E-state index contributed by atoms with van der Waals surface area (Å²) < 4.78 is 5.36. The number of rotatable bonds is 8. The number of halogens is 1. The molecule has 1 aromatic heterocycles. The van der Waals surface area contributed by atoms with E-state index in [9.17, 15) is 0 Å². The van der Waals surface area contributed by atoms with Crippen molar-refractivity contribution in [3.05, 3.63) is 16.1 Å². The molecule has 3 unspecified atom stereocenters. The first-order chi connectivity index (χ1) is 12.9. The number of aliphatic imine (C=N–C) groups is 1. The molecule has 1 aliphatic heterocycles. The summed E-state index contributed by atoms with van der Waals surface area (Å²) in [4.78, 5) is 14.3. The van der Waals surface area contributed by atoms with Gasteiger partial charge in [0.05, 0.1) is 18.8 Å². The van der Waals surface area contributed by atoms with E-state index in [0.29, 0.717) is 0 Å². The molecule has 1 aromatic rings. The van der Waals surface area contributed by atoms with Crippen molar-refractivity contribution in [1.29, 1.82) is 0 Å². The van der Waals surface area contributed by atoms with E-state index in [1.54, 1.807) is 18.4 Å². The van der Waals surface area contributed by atoms with Gasteiger partial charge in [-0.3, -0.25) is 4.99 Å². The Hall–Kier alpha value is -0.450. The van der Waals surface area contributed by atoms with Gasteiger partial charge in [0.15, 0.2) is 5.96 Å². The lowest BCUT2D eigenvalue weighted by molar-refractivity contribution is 0.119. The van der Waals surface area contributed by atoms with Crippen LogP contribution in [0.4, 0.5) is 0 Å². The highest BCUT2D eigenvalue weighted by atomic mass is 127. The van der Waals surface area contributed by atoms with Crippen LogP contribution in [0.25, 0.3) is 0 Å². The Kier molecular flexibility index (Phi) is 11.9. The summed E-state index contributed by atoms with van der Waals surface area (Å²) in [6.07, 6.45) is 1.40. The van der Waals surface area contributed by atoms with Crippen LogP contribution in [0.1, 0.15) is 50.9 Å². The van der Waals surface area contributed by atoms with E-state index in [0.717, 1.165) is 54.7 Å². The molecule has 0 aromatic carbocycles. The van der Waals surface area contributed by atoms with Crippen molar-refractivity contribution in [3.8, 4) is 0 Å². The van der Waals surface area contributed by atoms with Gasteiger partial charge in [-0.05, 0) is 32.1 Å². The Balaban J connectivity index is 0.00000392. The third-order valence-electron chi connectivity index (χ3n) is 4.99. The van der Waals surface area contributed by atoms with Crippen molar-refractivity contribution in [2.75, 3.05) is 46.9 Å². The summed E-state index contributed by atoms with van der Waals surface area (Å²) in [6.45, 7) is 14.7. The lowest BCUT2D eigenvalue weighted by Crippen LogP contribution is -2.41. The smallest absolute Gasteiger partial charge is 0.194 e. The van der Waals surface area contributed by atoms with Gasteiger partial charge in [-0.2, -0.15) is 0 Å². The van der Waals surface area contributed by atoms with Gasteiger partial charge in [-0.15, -0.1) is 35.3 Å². The summed E-state index contributed by atoms with van der Waals surface area (Å²) in [7, 11) is 3.79. The van der Waals surface area contributed by atoms with Crippen LogP contribution in [0.2, 0.25) is 0 Å². The first kappa shape index (κ1) is 25.6. The fourth-order valence-corrected chi connectivity index (χ4v) is 4.58. The third kappa shape index (κ3) is 8.12. The molecule has 2 heterocycles. The molecular formula is C20H38IN5OS. The Morgan fingerprint density at radius 3 is 2.71 bits per heavy atom. The van der Waals surface area contributed by atoms with Crippen molar-refractivity contribution in [2.24, 2.45) is 16.8 Å². The van der Waals surface area contributed by atoms with E-state index in [4.69, 9.17) is 14.7 Å². The Labute approximate surface area is 192 Å². The van der Waals surface area contributed by atoms with Crippen molar-refractivity contribution in [2.45, 2.75) is 46.8 Å². The van der Waals surface area contributed by atoms with Gasteiger partial charge < -0.3 is 19.9 Å². The molecule has 1 N–H and O–H groups in total. The number of nitrogens with zero attached hydrogens (tertiary/aromatic N) is 4. The highest BCUT2D eigenvalue weighted by molar-refractivity contribution is 14.0. The number of nitrogens with one attached hydrogen (secondary N) is 1. The zero-order valence-electron chi connectivity index (χ0n) is 18.3. The predicted molar refractivity (Wildman–Crippen MR) is 130 cm³/mol. The fraction of sp³-hybridized carbons (Fsp3) is 0.800. The van der Waals surface area contributed by atoms with Gasteiger partial charge in [-0.25, -0.2) is 4.98 Å². The second-order valence-electron chi connectivity index (χ2n) is 7.85. The zero-order valence-corrected chi connectivity index (χ0v) is 21.4. The molecule has 6 nitrogen and oxygen atoms in total. The molecule has 0 bridgehead atoms. The molecule has 0 amide bonds. The van der Waals surface area contributed by atoms with Crippen molar-refractivity contribution >= 4 is 41.3 Å². The first-order valence-corrected chi connectivity index (χ1v) is 11.0. The molecule has 2 rings (SSSR count). The van der Waals surface area contributed by atoms with Crippen LogP contribution in [-0.2, 0) is 11.3 Å². The Morgan fingerprint density at radius 1 is 1.43 bits per heavy atom. The monoisotopic (exact) mass is 523 g/mol. The maximum absolute atomic E-state index is 5.36. The molecule has 0 aliphatic carbocycles. The molecule has 1 aliphatic rings. The number of thiazole rings is 1. The quantitative estimate of drug-likeness (QED) is 0.319. The average molecular weight is 524 g/mol. The van der Waals surface area contributed by atoms with Crippen LogP contribution in [0.15, 0.2) is 10.4 Å². The molecule has 1 fully saturated rings. The SMILES string of the molecule is CCNC(=NCCN1CC(C)CC(C)C1)N(C)Cc1csc(C(C)OC)n1.I. The van der Waals surface area contributed by atoms with Gasteiger partial charge in [0.25, 0.3) is 0 Å². The minimum Gasteiger partial charge on any atom is -0.375 e. The molecule has 28 heavy (non-hydrogen) atoms. The molecule has 1 saturated heterocycles. The maximum atomic E-state index is 5.36. The van der Waals surface area contributed by atoms with E-state index in [2.05, 4.69) is 48.3 Å². The van der Waals surface area contributed by atoms with Crippen LogP contribution >= 0.6 is 35.3 Å². The summed E-state index contributed by atoms with van der Waals surface area (Å²) in [5.74, 6) is 2.54. The minimum atomic E-state index is 0. The highest BCUT2D eigenvalue weighted by Gasteiger charge is 2.21. The van der Waals surface area contributed by atoms with E-state index in [1.807, 2.05) is 6.92 Å². The molecule has 8 heteroatoms. The van der Waals surface area contributed by atoms with Gasteiger partial charge in [0, 0.05) is 45.7 Å². The van der Waals surface area contributed by atoms with Crippen molar-refractivity contribution in [1.82, 2.24) is 20.1 Å². The number of likely N-dealkylation sites (tertiary alicyclic amines) is 1. The van der Waals surface area contributed by atoms with Gasteiger partial charge in [0.2, 0.25) is 0 Å². The number of aromatic nitrogens is 1. The maximum Gasteiger partial charge on any atom is 0.194 e. The Bertz CT molecular complexity index is 587. The molecular weight excluding hydrogens is 485 g/mol. The van der Waals surface area contributed by atoms with E-state index >= 15 is 0 Å². The topological polar surface area (TPSA) is 53.0 Å². The highest BCUT2D eigenvalue weighted by Crippen LogP contribution is 2.21. The number of methoxy groups -OCH3 is 1. The lowest BCUT2D eigenvalue weighted by atomic mass is 9.92. The summed E-state index contributed by atoms with van der Waals surface area (Å²) in [5.41, 5.74) is 1.06. The van der Waals surface area contributed by atoms with Crippen LogP contribution < -0.4 is 5.32 Å². The van der Waals surface area contributed by atoms with Gasteiger partial charge >= 0.3 is 0 Å². The van der Waals surface area contributed by atoms with Crippen molar-refractivity contribution < 1.29 is 4.74 Å². The number of hydrogen-bond donors (Lipinski definition) is 1. The van der Waals surface area contributed by atoms with Crippen LogP contribution in [0.5, 0.6) is 0 Å². The van der Waals surface area contributed by atoms with E-state index in [1.165, 1.54) is 19.5 Å². The first-order valence-electron chi connectivity index (χ1n) is 10.1. The largest absolute Gasteiger partial charge is 0.375 e. The normalized spacial score (nSPS) is 21.9. The summed E-state index contributed by atoms with van der Waals surface area (Å²) in [5, 5.41) is 6.54. The summed E-state index contributed by atoms with van der Waals surface area (Å²) >= 11 is 1.66. The van der Waals surface area contributed by atoms with Crippen molar-refractivity contribution in [3.63, 3.8) is 0 Å². The number of guanidine groups is 1. The molecule has 3 atom stereocenters. The van der Waals surface area contributed by atoms with Crippen LogP contribution in [0, 0.1) is 11.8 Å². The number of hydrogen-bond acceptors (Lipinski definition) is 5. The van der Waals surface area contributed by atoms with E-state index < -0.39 is 0 Å². The standard InChI is InChI=1S/C20H37N5OS.HI/c1-7-21-20(22-8-9-25-11-15(2)10-16(3)12-25)24(5)13-18-14-27-19(23-18)17(4)26-6;/h14-17H,7-13H2,1-6H3,(H,21,22);1H. The van der Waals surface area contributed by atoms with E-state index in [-0.39, 0.29) is 30.1 Å². The predicted octanol–water partition coefficient (Wildman–Crippen LogP) is 3.84. The molecule has 0 radical (unpaired) electrons. The van der Waals surface area contributed by atoms with Crippen LogP contribution in [0.3, 0.4) is 0 Å². The van der Waals surface area contributed by atoms with Crippen LogP contribution in [-0.4, -0.2) is 67.6 Å². The second kappa shape index (κ2) is 13.0. The average Bonchev–Trinajstić information content (AvgIpc) is 3.08. The zero-order chi connectivity index (χ0) is 19.8. The fourth-order valence-electron chi connectivity index (χ4n) is 3.74. The number of piperidine rings is 1.